The van der Waals surface area contributed by atoms with Crippen LogP contribution in [0.4, 0.5) is 5.69 Å². The molecule has 0 fully saturated rings. The molecule has 128 valence electrons. The van der Waals surface area contributed by atoms with Crippen molar-refractivity contribution in [3.05, 3.63) is 47.5 Å². The SMILES string of the molecule is CC1Sc2ccc(C(=O)NCc3ccc4c(c3)OCO4)cc2NC1=O. The molecule has 7 heteroatoms. The lowest BCUT2D eigenvalue weighted by molar-refractivity contribution is -0.115. The van der Waals surface area contributed by atoms with E-state index >= 15 is 0 Å². The molecule has 4 rings (SSSR count). The molecule has 2 heterocycles. The highest BCUT2D eigenvalue weighted by Crippen LogP contribution is 2.36. The third-order valence-electron chi connectivity index (χ3n) is 4.06. The number of rotatable bonds is 3. The van der Waals surface area contributed by atoms with Gasteiger partial charge in [-0.3, -0.25) is 9.59 Å². The lowest BCUT2D eigenvalue weighted by Gasteiger charge is -2.21. The first-order chi connectivity index (χ1) is 12.1. The van der Waals surface area contributed by atoms with E-state index in [1.54, 1.807) is 12.1 Å². The van der Waals surface area contributed by atoms with Crippen molar-refractivity contribution in [1.29, 1.82) is 0 Å². The monoisotopic (exact) mass is 356 g/mol. The highest BCUT2D eigenvalue weighted by Gasteiger charge is 2.23. The number of hydrogen-bond acceptors (Lipinski definition) is 5. The quantitative estimate of drug-likeness (QED) is 0.884. The van der Waals surface area contributed by atoms with Gasteiger partial charge in [0, 0.05) is 17.0 Å². The van der Waals surface area contributed by atoms with Crippen molar-refractivity contribution in [2.24, 2.45) is 0 Å². The number of carbonyl (C=O) groups excluding carboxylic acids is 2. The van der Waals surface area contributed by atoms with E-state index in [1.165, 1.54) is 11.8 Å². The van der Waals surface area contributed by atoms with Crippen LogP contribution in [0.25, 0.3) is 0 Å². The van der Waals surface area contributed by atoms with Crippen molar-refractivity contribution in [2.45, 2.75) is 23.6 Å². The van der Waals surface area contributed by atoms with E-state index in [9.17, 15) is 9.59 Å². The van der Waals surface area contributed by atoms with Crippen LogP contribution in [-0.4, -0.2) is 23.9 Å². The molecule has 0 spiro atoms. The predicted molar refractivity (Wildman–Crippen MR) is 94.1 cm³/mol. The maximum Gasteiger partial charge on any atom is 0.251 e. The summed E-state index contributed by atoms with van der Waals surface area (Å²) in [5, 5.41) is 5.59. The summed E-state index contributed by atoms with van der Waals surface area (Å²) in [4.78, 5) is 25.2. The molecule has 2 aliphatic heterocycles. The first-order valence-corrected chi connectivity index (χ1v) is 8.76. The fourth-order valence-electron chi connectivity index (χ4n) is 2.69. The number of carbonyl (C=O) groups is 2. The molecular weight excluding hydrogens is 340 g/mol. The van der Waals surface area contributed by atoms with Gasteiger partial charge in [0.05, 0.1) is 10.9 Å². The predicted octanol–water partition coefficient (Wildman–Crippen LogP) is 2.78. The lowest BCUT2D eigenvalue weighted by Crippen LogP contribution is -2.27. The molecule has 1 atom stereocenters. The maximum atomic E-state index is 12.4. The zero-order valence-corrected chi connectivity index (χ0v) is 14.3. The lowest BCUT2D eigenvalue weighted by atomic mass is 10.1. The summed E-state index contributed by atoms with van der Waals surface area (Å²) in [6.07, 6.45) is 0. The van der Waals surface area contributed by atoms with E-state index < -0.39 is 0 Å². The van der Waals surface area contributed by atoms with E-state index in [1.807, 2.05) is 31.2 Å². The number of hydrogen-bond donors (Lipinski definition) is 2. The van der Waals surface area contributed by atoms with Crippen LogP contribution < -0.4 is 20.1 Å². The van der Waals surface area contributed by atoms with Gasteiger partial charge in [0.1, 0.15) is 0 Å². The fourth-order valence-corrected chi connectivity index (χ4v) is 3.62. The first kappa shape index (κ1) is 15.8. The molecule has 0 saturated heterocycles. The summed E-state index contributed by atoms with van der Waals surface area (Å²) in [6.45, 7) is 2.46. The second-order valence-electron chi connectivity index (χ2n) is 5.83. The maximum absolute atomic E-state index is 12.4. The van der Waals surface area contributed by atoms with Gasteiger partial charge in [-0.15, -0.1) is 11.8 Å². The summed E-state index contributed by atoms with van der Waals surface area (Å²) in [5.41, 5.74) is 2.12. The molecular formula is C18H16N2O4S. The van der Waals surface area contributed by atoms with Crippen LogP contribution in [0.1, 0.15) is 22.8 Å². The van der Waals surface area contributed by atoms with E-state index in [2.05, 4.69) is 10.6 Å². The molecule has 2 aliphatic rings. The van der Waals surface area contributed by atoms with Crippen molar-refractivity contribution in [3.8, 4) is 11.5 Å². The van der Waals surface area contributed by atoms with E-state index in [4.69, 9.17) is 9.47 Å². The van der Waals surface area contributed by atoms with Crippen molar-refractivity contribution in [1.82, 2.24) is 5.32 Å². The van der Waals surface area contributed by atoms with Crippen LogP contribution in [0, 0.1) is 0 Å². The molecule has 0 bridgehead atoms. The minimum absolute atomic E-state index is 0.0459. The van der Waals surface area contributed by atoms with Gasteiger partial charge >= 0.3 is 0 Å². The van der Waals surface area contributed by atoms with E-state index in [-0.39, 0.29) is 23.9 Å². The number of anilines is 1. The van der Waals surface area contributed by atoms with Crippen LogP contribution >= 0.6 is 11.8 Å². The van der Waals surface area contributed by atoms with E-state index in [0.29, 0.717) is 29.3 Å². The van der Waals surface area contributed by atoms with Crippen LogP contribution in [0.15, 0.2) is 41.3 Å². The Bertz CT molecular complexity index is 868. The molecule has 0 saturated carbocycles. The zero-order chi connectivity index (χ0) is 17.4. The average Bonchev–Trinajstić information content (AvgIpc) is 3.08. The van der Waals surface area contributed by atoms with Gasteiger partial charge in [0.25, 0.3) is 5.91 Å². The molecule has 25 heavy (non-hydrogen) atoms. The highest BCUT2D eigenvalue weighted by molar-refractivity contribution is 8.00. The summed E-state index contributed by atoms with van der Waals surface area (Å²) in [6, 6.07) is 10.9. The van der Waals surface area contributed by atoms with Crippen molar-refractivity contribution < 1.29 is 19.1 Å². The van der Waals surface area contributed by atoms with E-state index in [0.717, 1.165) is 10.5 Å². The van der Waals surface area contributed by atoms with Crippen LogP contribution in [-0.2, 0) is 11.3 Å². The molecule has 2 aromatic carbocycles. The number of amides is 2. The summed E-state index contributed by atoms with van der Waals surface area (Å²) < 4.78 is 10.6. The van der Waals surface area contributed by atoms with Crippen LogP contribution in [0.3, 0.4) is 0 Å². The Kier molecular flexibility index (Phi) is 4.01. The Morgan fingerprint density at radius 1 is 1.24 bits per heavy atom. The smallest absolute Gasteiger partial charge is 0.251 e. The second kappa shape index (κ2) is 6.33. The summed E-state index contributed by atoms with van der Waals surface area (Å²) >= 11 is 1.49. The number of fused-ring (bicyclic) bond motifs is 2. The molecule has 0 radical (unpaired) electrons. The molecule has 0 aliphatic carbocycles. The highest BCUT2D eigenvalue weighted by atomic mass is 32.2. The van der Waals surface area contributed by atoms with Crippen molar-refractivity contribution in [3.63, 3.8) is 0 Å². The second-order valence-corrected chi connectivity index (χ2v) is 7.21. The largest absolute Gasteiger partial charge is 0.454 e. The minimum atomic E-state index is -0.196. The van der Waals surface area contributed by atoms with Gasteiger partial charge in [0.2, 0.25) is 12.7 Å². The van der Waals surface area contributed by atoms with Crippen LogP contribution in [0.5, 0.6) is 11.5 Å². The molecule has 2 amide bonds. The van der Waals surface area contributed by atoms with Gasteiger partial charge < -0.3 is 20.1 Å². The Hall–Kier alpha value is -2.67. The summed E-state index contributed by atoms with van der Waals surface area (Å²) in [7, 11) is 0. The Balaban J connectivity index is 1.45. The molecule has 1 unspecified atom stereocenters. The molecule has 6 nitrogen and oxygen atoms in total. The standard InChI is InChI=1S/C18H16N2O4S/c1-10-17(21)20-13-7-12(3-5-16(13)25-10)18(22)19-8-11-2-4-14-15(6-11)24-9-23-14/h2-7,10H,8-9H2,1H3,(H,19,22)(H,20,21). The number of ether oxygens (including phenoxy) is 2. The number of benzene rings is 2. The molecule has 2 N–H and O–H groups in total. The van der Waals surface area contributed by atoms with Gasteiger partial charge in [0.15, 0.2) is 11.5 Å². The number of thioether (sulfide) groups is 1. The third-order valence-corrected chi connectivity index (χ3v) is 5.24. The summed E-state index contributed by atoms with van der Waals surface area (Å²) in [5.74, 6) is 1.16. The van der Waals surface area contributed by atoms with Crippen molar-refractivity contribution in [2.75, 3.05) is 12.1 Å². The first-order valence-electron chi connectivity index (χ1n) is 7.88. The topological polar surface area (TPSA) is 76.7 Å². The molecule has 2 aromatic rings. The van der Waals surface area contributed by atoms with Crippen LogP contribution in [0.2, 0.25) is 0 Å². The van der Waals surface area contributed by atoms with Crippen molar-refractivity contribution >= 4 is 29.3 Å². The number of nitrogens with one attached hydrogen (secondary N) is 2. The van der Waals surface area contributed by atoms with Gasteiger partial charge in [-0.2, -0.15) is 0 Å². The van der Waals surface area contributed by atoms with Gasteiger partial charge in [-0.05, 0) is 42.8 Å². The fraction of sp³-hybridized carbons (Fsp3) is 0.222. The Morgan fingerprint density at radius 3 is 2.96 bits per heavy atom. The minimum Gasteiger partial charge on any atom is -0.454 e. The third kappa shape index (κ3) is 3.15. The zero-order valence-electron chi connectivity index (χ0n) is 13.5. The molecule has 0 aromatic heterocycles. The van der Waals surface area contributed by atoms with Gasteiger partial charge in [-0.25, -0.2) is 0 Å². The van der Waals surface area contributed by atoms with Gasteiger partial charge in [-0.1, -0.05) is 6.07 Å². The average molecular weight is 356 g/mol. The normalized spacial score (nSPS) is 17.6. The Labute approximate surface area is 148 Å². The Morgan fingerprint density at radius 2 is 2.08 bits per heavy atom.